The molecule has 0 aliphatic carbocycles. The summed E-state index contributed by atoms with van der Waals surface area (Å²) < 4.78 is 2.17. The Balaban J connectivity index is 1.20. The van der Waals surface area contributed by atoms with Crippen LogP contribution in [0.2, 0.25) is 0 Å². The van der Waals surface area contributed by atoms with Crippen LogP contribution in [0.4, 0.5) is 0 Å². The van der Waals surface area contributed by atoms with Gasteiger partial charge in [-0.2, -0.15) is 9.97 Å². The standard InChI is InChI=1S/C49H30N6/c1-4-13-31(14-5-1)34-19-12-20-35(27-34)36-23-24-38-39(28-36)40-29-41-37-21-10-11-22-43(37)55(44(41)30-42(40)46-45(38)50-25-26-51-46)49-53-47(32-15-6-2-7-16-32)52-48(54-49)33-17-8-3-9-18-33/h1-30H. The Morgan fingerprint density at radius 1 is 0.309 bits per heavy atom. The van der Waals surface area contributed by atoms with Crippen LogP contribution < -0.4 is 0 Å². The quantitative estimate of drug-likeness (QED) is 0.167. The summed E-state index contributed by atoms with van der Waals surface area (Å²) in [6, 6.07) is 59.2. The van der Waals surface area contributed by atoms with Crippen LogP contribution in [0.25, 0.3) is 105 Å². The molecular formula is C49H30N6. The fraction of sp³-hybridized carbons (Fsp3) is 0. The van der Waals surface area contributed by atoms with Crippen LogP contribution in [0.15, 0.2) is 182 Å². The van der Waals surface area contributed by atoms with Gasteiger partial charge >= 0.3 is 0 Å². The molecule has 0 unspecified atom stereocenters. The van der Waals surface area contributed by atoms with Crippen LogP contribution in [0, 0.1) is 0 Å². The van der Waals surface area contributed by atoms with Crippen LogP contribution >= 0.6 is 0 Å². The van der Waals surface area contributed by atoms with Gasteiger partial charge in [-0.3, -0.25) is 14.5 Å². The second-order valence-corrected chi connectivity index (χ2v) is 13.7. The highest BCUT2D eigenvalue weighted by Crippen LogP contribution is 2.41. The molecule has 0 bridgehead atoms. The van der Waals surface area contributed by atoms with E-state index < -0.39 is 0 Å². The van der Waals surface area contributed by atoms with Crippen molar-refractivity contribution in [3.63, 3.8) is 0 Å². The first-order valence-electron chi connectivity index (χ1n) is 18.3. The molecule has 0 N–H and O–H groups in total. The van der Waals surface area contributed by atoms with Crippen molar-refractivity contribution in [1.29, 1.82) is 0 Å². The summed E-state index contributed by atoms with van der Waals surface area (Å²) in [6.45, 7) is 0. The van der Waals surface area contributed by atoms with Gasteiger partial charge in [-0.25, -0.2) is 4.98 Å². The van der Waals surface area contributed by atoms with Crippen molar-refractivity contribution < 1.29 is 0 Å². The van der Waals surface area contributed by atoms with Gasteiger partial charge in [0, 0.05) is 45.1 Å². The number of hydrogen-bond acceptors (Lipinski definition) is 5. The normalized spacial score (nSPS) is 11.6. The highest BCUT2D eigenvalue weighted by atomic mass is 15.2. The second kappa shape index (κ2) is 12.5. The summed E-state index contributed by atoms with van der Waals surface area (Å²) in [7, 11) is 0. The van der Waals surface area contributed by atoms with Crippen molar-refractivity contribution in [2.24, 2.45) is 0 Å². The predicted molar refractivity (Wildman–Crippen MR) is 224 cm³/mol. The SMILES string of the molecule is c1ccc(-c2cccc(-c3ccc4c(c3)c3cc5c6ccccc6n(-c6nc(-c7ccccc7)nc(-c7ccccc7)n6)c5cc3c3nccnc43)c2)cc1. The second-order valence-electron chi connectivity index (χ2n) is 13.7. The zero-order chi connectivity index (χ0) is 36.3. The summed E-state index contributed by atoms with van der Waals surface area (Å²) in [4.78, 5) is 25.1. The van der Waals surface area contributed by atoms with Crippen LogP contribution in [-0.2, 0) is 0 Å². The molecule has 3 heterocycles. The van der Waals surface area contributed by atoms with E-state index in [0.29, 0.717) is 17.6 Å². The van der Waals surface area contributed by atoms with E-state index in [1.54, 1.807) is 12.4 Å². The topological polar surface area (TPSA) is 69.4 Å². The molecule has 11 aromatic rings. The molecule has 0 aliphatic heterocycles. The molecule has 0 spiro atoms. The first kappa shape index (κ1) is 31.0. The zero-order valence-corrected chi connectivity index (χ0v) is 29.5. The third-order valence-electron chi connectivity index (χ3n) is 10.5. The number of nitrogens with zero attached hydrogens (tertiary/aromatic N) is 6. The van der Waals surface area contributed by atoms with Crippen LogP contribution in [0.3, 0.4) is 0 Å². The lowest BCUT2D eigenvalue weighted by Crippen LogP contribution is -2.06. The number of aromatic nitrogens is 6. The van der Waals surface area contributed by atoms with Gasteiger partial charge < -0.3 is 0 Å². The minimum absolute atomic E-state index is 0.551. The number of para-hydroxylation sites is 1. The number of rotatable bonds is 5. The van der Waals surface area contributed by atoms with Gasteiger partial charge in [0.2, 0.25) is 5.95 Å². The van der Waals surface area contributed by atoms with Gasteiger partial charge in [0.1, 0.15) is 0 Å². The van der Waals surface area contributed by atoms with E-state index in [-0.39, 0.29) is 0 Å². The molecule has 6 heteroatoms. The Kier molecular flexibility index (Phi) is 7.07. The summed E-state index contributed by atoms with van der Waals surface area (Å²) in [5.74, 6) is 1.78. The Bertz CT molecular complexity index is 3190. The van der Waals surface area contributed by atoms with Crippen molar-refractivity contribution in [2.45, 2.75) is 0 Å². The fourth-order valence-electron chi connectivity index (χ4n) is 7.94. The lowest BCUT2D eigenvalue weighted by Gasteiger charge is -2.13. The maximum Gasteiger partial charge on any atom is 0.238 e. The van der Waals surface area contributed by atoms with Gasteiger partial charge in [0.15, 0.2) is 11.6 Å². The lowest BCUT2D eigenvalue weighted by atomic mass is 9.93. The molecule has 6 nitrogen and oxygen atoms in total. The molecule has 3 aromatic heterocycles. The van der Waals surface area contributed by atoms with Crippen LogP contribution in [0.1, 0.15) is 0 Å². The molecule has 0 amide bonds. The van der Waals surface area contributed by atoms with Crippen molar-refractivity contribution in [2.75, 3.05) is 0 Å². The average Bonchev–Trinajstić information content (AvgIpc) is 3.60. The largest absolute Gasteiger partial charge is 0.278 e. The van der Waals surface area contributed by atoms with Crippen molar-refractivity contribution in [3.8, 4) is 51.0 Å². The molecule has 0 atom stereocenters. The smallest absolute Gasteiger partial charge is 0.238 e. The third kappa shape index (κ3) is 5.15. The number of fused-ring (bicyclic) bond motifs is 9. The molecular weight excluding hydrogens is 673 g/mol. The Morgan fingerprint density at radius 3 is 1.55 bits per heavy atom. The first-order chi connectivity index (χ1) is 27.3. The van der Waals surface area contributed by atoms with Gasteiger partial charge in [0.05, 0.1) is 22.1 Å². The first-order valence-corrected chi connectivity index (χ1v) is 18.3. The highest BCUT2D eigenvalue weighted by molar-refractivity contribution is 6.27. The number of hydrogen-bond donors (Lipinski definition) is 0. The van der Waals surface area contributed by atoms with E-state index in [9.17, 15) is 0 Å². The fourth-order valence-corrected chi connectivity index (χ4v) is 7.94. The molecule has 256 valence electrons. The third-order valence-corrected chi connectivity index (χ3v) is 10.5. The monoisotopic (exact) mass is 702 g/mol. The van der Waals surface area contributed by atoms with E-state index in [1.165, 1.54) is 11.1 Å². The van der Waals surface area contributed by atoms with Gasteiger partial charge in [0.25, 0.3) is 0 Å². The number of benzene rings is 8. The van der Waals surface area contributed by atoms with Crippen LogP contribution in [-0.4, -0.2) is 29.5 Å². The Hall–Kier alpha value is -7.57. The average molecular weight is 703 g/mol. The maximum atomic E-state index is 5.15. The van der Waals surface area contributed by atoms with Crippen molar-refractivity contribution in [3.05, 3.63) is 182 Å². The van der Waals surface area contributed by atoms with E-state index in [4.69, 9.17) is 24.9 Å². The maximum absolute atomic E-state index is 5.15. The molecule has 0 saturated heterocycles. The highest BCUT2D eigenvalue weighted by Gasteiger charge is 2.21. The molecule has 0 saturated carbocycles. The summed E-state index contributed by atoms with van der Waals surface area (Å²) >= 11 is 0. The summed E-state index contributed by atoms with van der Waals surface area (Å²) in [5, 5.41) is 6.54. The van der Waals surface area contributed by atoms with E-state index in [1.807, 2.05) is 60.7 Å². The molecule has 11 rings (SSSR count). The molecule has 8 aromatic carbocycles. The lowest BCUT2D eigenvalue weighted by molar-refractivity contribution is 0.954. The van der Waals surface area contributed by atoms with Crippen molar-refractivity contribution >= 4 is 54.4 Å². The molecule has 55 heavy (non-hydrogen) atoms. The van der Waals surface area contributed by atoms with Gasteiger partial charge in [-0.05, 0) is 63.4 Å². The summed E-state index contributed by atoms with van der Waals surface area (Å²) in [5.41, 5.74) is 10.2. The van der Waals surface area contributed by atoms with E-state index >= 15 is 0 Å². The van der Waals surface area contributed by atoms with E-state index in [2.05, 4.69) is 114 Å². The Labute approximate surface area is 316 Å². The van der Waals surface area contributed by atoms with E-state index in [0.717, 1.165) is 76.6 Å². The summed E-state index contributed by atoms with van der Waals surface area (Å²) in [6.07, 6.45) is 3.56. The minimum atomic E-state index is 0.551. The zero-order valence-electron chi connectivity index (χ0n) is 29.5. The van der Waals surface area contributed by atoms with Crippen LogP contribution in [0.5, 0.6) is 0 Å². The van der Waals surface area contributed by atoms with Crippen molar-refractivity contribution in [1.82, 2.24) is 29.5 Å². The minimum Gasteiger partial charge on any atom is -0.278 e. The molecule has 0 fully saturated rings. The molecule has 0 radical (unpaired) electrons. The Morgan fingerprint density at radius 2 is 0.855 bits per heavy atom. The van der Waals surface area contributed by atoms with Gasteiger partial charge in [-0.15, -0.1) is 0 Å². The van der Waals surface area contributed by atoms with Gasteiger partial charge in [-0.1, -0.05) is 140 Å². The molecule has 0 aliphatic rings. The predicted octanol–water partition coefficient (Wildman–Crippen LogP) is 11.9.